The predicted molar refractivity (Wildman–Crippen MR) is 91.7 cm³/mol. The van der Waals surface area contributed by atoms with Crippen LogP contribution < -0.4 is 15.5 Å². The van der Waals surface area contributed by atoms with Crippen LogP contribution in [-0.2, 0) is 0 Å². The number of carbonyl (C=O) groups excluding carboxylic acids is 1. The van der Waals surface area contributed by atoms with Crippen molar-refractivity contribution in [2.24, 2.45) is 0 Å². The van der Waals surface area contributed by atoms with Crippen LogP contribution in [0.5, 0.6) is 0 Å². The summed E-state index contributed by atoms with van der Waals surface area (Å²) in [5, 5.41) is 15.5. The van der Waals surface area contributed by atoms with Crippen LogP contribution in [0.15, 0.2) is 42.6 Å². The summed E-state index contributed by atoms with van der Waals surface area (Å²) in [5.41, 5.74) is 2.40. The van der Waals surface area contributed by atoms with Crippen LogP contribution in [0.2, 0.25) is 0 Å². The van der Waals surface area contributed by atoms with E-state index in [0.717, 1.165) is 16.9 Å². The fourth-order valence-corrected chi connectivity index (χ4v) is 2.16. The minimum absolute atomic E-state index is 0.139. The second-order valence-electron chi connectivity index (χ2n) is 5.51. The number of aliphatic hydroxyl groups excluding tert-OH is 1. The van der Waals surface area contributed by atoms with Crippen LogP contribution in [0.1, 0.15) is 17.2 Å². The molecule has 0 aliphatic rings. The SMILES string of the molecule is Cc1ccccc1C(O)CNC(=O)Nc1ccc(N(C)C)nc1. The van der Waals surface area contributed by atoms with Gasteiger partial charge in [0.05, 0.1) is 18.0 Å². The van der Waals surface area contributed by atoms with E-state index in [4.69, 9.17) is 0 Å². The Labute approximate surface area is 136 Å². The van der Waals surface area contributed by atoms with E-state index in [1.165, 1.54) is 0 Å². The summed E-state index contributed by atoms with van der Waals surface area (Å²) in [6.45, 7) is 2.07. The summed E-state index contributed by atoms with van der Waals surface area (Å²) in [6, 6.07) is 10.8. The summed E-state index contributed by atoms with van der Waals surface area (Å²) in [4.78, 5) is 18.0. The summed E-state index contributed by atoms with van der Waals surface area (Å²) in [7, 11) is 3.80. The average molecular weight is 314 g/mol. The first-order valence-electron chi connectivity index (χ1n) is 7.39. The van der Waals surface area contributed by atoms with E-state index >= 15 is 0 Å². The molecule has 2 rings (SSSR count). The Morgan fingerprint density at radius 3 is 2.61 bits per heavy atom. The van der Waals surface area contributed by atoms with E-state index in [1.54, 1.807) is 12.3 Å². The number of aliphatic hydroxyl groups is 1. The molecule has 3 N–H and O–H groups in total. The molecule has 0 saturated heterocycles. The van der Waals surface area contributed by atoms with Gasteiger partial charge in [0.15, 0.2) is 0 Å². The van der Waals surface area contributed by atoms with Crippen molar-refractivity contribution in [1.82, 2.24) is 10.3 Å². The fraction of sp³-hybridized carbons (Fsp3) is 0.294. The van der Waals surface area contributed by atoms with Gasteiger partial charge in [0.25, 0.3) is 0 Å². The van der Waals surface area contributed by atoms with E-state index in [9.17, 15) is 9.90 Å². The highest BCUT2D eigenvalue weighted by atomic mass is 16.3. The lowest BCUT2D eigenvalue weighted by molar-refractivity contribution is 0.174. The van der Waals surface area contributed by atoms with E-state index in [1.807, 2.05) is 56.3 Å². The highest BCUT2D eigenvalue weighted by Gasteiger charge is 2.11. The number of aryl methyl sites for hydroxylation is 1. The third-order valence-electron chi connectivity index (χ3n) is 3.47. The largest absolute Gasteiger partial charge is 0.387 e. The Morgan fingerprint density at radius 1 is 1.26 bits per heavy atom. The maximum Gasteiger partial charge on any atom is 0.319 e. The van der Waals surface area contributed by atoms with Crippen LogP contribution in [0.3, 0.4) is 0 Å². The molecule has 0 radical (unpaired) electrons. The van der Waals surface area contributed by atoms with Crippen LogP contribution >= 0.6 is 0 Å². The minimum Gasteiger partial charge on any atom is -0.387 e. The molecule has 1 unspecified atom stereocenters. The highest BCUT2D eigenvalue weighted by Crippen LogP contribution is 2.16. The topological polar surface area (TPSA) is 77.5 Å². The van der Waals surface area contributed by atoms with Crippen LogP contribution in [0, 0.1) is 6.92 Å². The van der Waals surface area contributed by atoms with Crippen molar-refractivity contribution in [2.45, 2.75) is 13.0 Å². The van der Waals surface area contributed by atoms with Crippen LogP contribution in [0.25, 0.3) is 0 Å². The summed E-state index contributed by atoms with van der Waals surface area (Å²) < 4.78 is 0. The molecule has 1 heterocycles. The summed E-state index contributed by atoms with van der Waals surface area (Å²) in [6.07, 6.45) is 0.850. The van der Waals surface area contributed by atoms with Gasteiger partial charge in [0, 0.05) is 20.6 Å². The Morgan fingerprint density at radius 2 is 2.00 bits per heavy atom. The molecule has 0 bridgehead atoms. The van der Waals surface area contributed by atoms with Crippen molar-refractivity contribution in [3.05, 3.63) is 53.7 Å². The zero-order valence-electron chi connectivity index (χ0n) is 13.6. The standard InChI is InChI=1S/C17H22N4O2/c1-12-6-4-5-7-14(12)15(22)11-19-17(23)20-13-8-9-16(18-10-13)21(2)3/h4-10,15,22H,11H2,1-3H3,(H2,19,20,23). The Bertz CT molecular complexity index is 656. The first kappa shape index (κ1) is 16.8. The first-order chi connectivity index (χ1) is 11.0. The number of carbonyl (C=O) groups is 1. The number of nitrogens with one attached hydrogen (secondary N) is 2. The maximum atomic E-state index is 11.9. The number of urea groups is 1. The number of benzene rings is 1. The number of pyridine rings is 1. The molecular formula is C17H22N4O2. The van der Waals surface area contributed by atoms with E-state index < -0.39 is 6.10 Å². The van der Waals surface area contributed by atoms with Gasteiger partial charge in [-0.2, -0.15) is 0 Å². The molecule has 6 heteroatoms. The third-order valence-corrected chi connectivity index (χ3v) is 3.47. The molecule has 2 aromatic rings. The molecule has 122 valence electrons. The van der Waals surface area contributed by atoms with Crippen molar-refractivity contribution in [1.29, 1.82) is 0 Å². The molecule has 2 amide bonds. The van der Waals surface area contributed by atoms with E-state index in [-0.39, 0.29) is 12.6 Å². The number of aromatic nitrogens is 1. The van der Waals surface area contributed by atoms with Gasteiger partial charge < -0.3 is 20.6 Å². The van der Waals surface area contributed by atoms with Crippen molar-refractivity contribution in [3.8, 4) is 0 Å². The molecular weight excluding hydrogens is 292 g/mol. The maximum absolute atomic E-state index is 11.9. The molecule has 23 heavy (non-hydrogen) atoms. The van der Waals surface area contributed by atoms with Crippen molar-refractivity contribution in [2.75, 3.05) is 30.9 Å². The minimum atomic E-state index is -0.740. The zero-order valence-corrected chi connectivity index (χ0v) is 13.6. The predicted octanol–water partition coefficient (Wildman–Crippen LogP) is 2.31. The number of rotatable bonds is 5. The lowest BCUT2D eigenvalue weighted by Gasteiger charge is -2.15. The van der Waals surface area contributed by atoms with Gasteiger partial charge in [-0.15, -0.1) is 0 Å². The molecule has 0 fully saturated rings. The fourth-order valence-electron chi connectivity index (χ4n) is 2.16. The Balaban J connectivity index is 1.86. The number of anilines is 2. The van der Waals surface area contributed by atoms with Gasteiger partial charge in [-0.3, -0.25) is 0 Å². The number of hydrogen-bond acceptors (Lipinski definition) is 4. The zero-order chi connectivity index (χ0) is 16.8. The van der Waals surface area contributed by atoms with Crippen LogP contribution in [-0.4, -0.2) is 36.8 Å². The quantitative estimate of drug-likeness (QED) is 0.791. The molecule has 1 aromatic heterocycles. The van der Waals surface area contributed by atoms with Gasteiger partial charge in [0.1, 0.15) is 5.82 Å². The average Bonchev–Trinajstić information content (AvgIpc) is 2.53. The van der Waals surface area contributed by atoms with Crippen molar-refractivity contribution >= 4 is 17.5 Å². The Kier molecular flexibility index (Phi) is 5.54. The monoisotopic (exact) mass is 314 g/mol. The van der Waals surface area contributed by atoms with Gasteiger partial charge in [0.2, 0.25) is 0 Å². The third kappa shape index (κ3) is 4.69. The van der Waals surface area contributed by atoms with Crippen LogP contribution in [0.4, 0.5) is 16.3 Å². The normalized spacial score (nSPS) is 11.7. The Hall–Kier alpha value is -2.60. The molecule has 1 aromatic carbocycles. The van der Waals surface area contributed by atoms with Gasteiger partial charge in [-0.05, 0) is 30.2 Å². The lowest BCUT2D eigenvalue weighted by atomic mass is 10.0. The molecule has 0 spiro atoms. The second kappa shape index (κ2) is 7.60. The molecule has 0 saturated carbocycles. The van der Waals surface area contributed by atoms with Crippen molar-refractivity contribution in [3.63, 3.8) is 0 Å². The van der Waals surface area contributed by atoms with Crippen molar-refractivity contribution < 1.29 is 9.90 Å². The second-order valence-corrected chi connectivity index (χ2v) is 5.51. The lowest BCUT2D eigenvalue weighted by Crippen LogP contribution is -2.32. The summed E-state index contributed by atoms with van der Waals surface area (Å²) in [5.74, 6) is 0.811. The molecule has 0 aliphatic carbocycles. The highest BCUT2D eigenvalue weighted by molar-refractivity contribution is 5.89. The van der Waals surface area contributed by atoms with E-state index in [2.05, 4.69) is 15.6 Å². The van der Waals surface area contributed by atoms with Gasteiger partial charge >= 0.3 is 6.03 Å². The molecule has 0 aliphatic heterocycles. The number of nitrogens with zero attached hydrogens (tertiary/aromatic N) is 2. The van der Waals surface area contributed by atoms with Gasteiger partial charge in [-0.25, -0.2) is 9.78 Å². The molecule has 1 atom stereocenters. The number of hydrogen-bond donors (Lipinski definition) is 3. The molecule has 6 nitrogen and oxygen atoms in total. The number of amides is 2. The first-order valence-corrected chi connectivity index (χ1v) is 7.39. The van der Waals surface area contributed by atoms with E-state index in [0.29, 0.717) is 5.69 Å². The van der Waals surface area contributed by atoms with Gasteiger partial charge in [-0.1, -0.05) is 24.3 Å². The smallest absolute Gasteiger partial charge is 0.319 e. The summed E-state index contributed by atoms with van der Waals surface area (Å²) >= 11 is 0.